The first kappa shape index (κ1) is 36.1. The van der Waals surface area contributed by atoms with Gasteiger partial charge >= 0.3 is 0 Å². The number of para-hydroxylation sites is 2. The molecule has 4 heterocycles. The standard InChI is InChI=1S/C59H35N5S/c1-3-17-41-36(13-1)15-11-22-46(41)57-60-58(47-23-12-16-37-14-2-4-18-42(37)47)62-59(61-57)64-52-25-9-6-20-44(52)49-34-39(28-31-54(49)64)38-27-30-53-48(33-38)43-19-5-8-24-51(43)63(53)40-29-32-56-50(35-40)45-21-7-10-26-55(45)65-56/h1-35H. The Morgan fingerprint density at radius 1 is 0.308 bits per heavy atom. The molecule has 14 aromatic rings. The predicted octanol–water partition coefficient (Wildman–Crippen LogP) is 15.7. The van der Waals surface area contributed by atoms with Gasteiger partial charge in [-0.2, -0.15) is 9.97 Å². The minimum Gasteiger partial charge on any atom is -0.309 e. The molecule has 0 amide bonds. The summed E-state index contributed by atoms with van der Waals surface area (Å²) < 4.78 is 7.26. The molecule has 0 aliphatic heterocycles. The molecule has 0 saturated heterocycles. The van der Waals surface area contributed by atoms with E-state index in [0.717, 1.165) is 65.6 Å². The average molecular weight is 846 g/mol. The predicted molar refractivity (Wildman–Crippen MR) is 273 cm³/mol. The third-order valence-corrected chi connectivity index (χ3v) is 14.3. The Kier molecular flexibility index (Phi) is 7.79. The summed E-state index contributed by atoms with van der Waals surface area (Å²) in [6, 6.07) is 76.3. The Hall–Kier alpha value is -8.45. The second kappa shape index (κ2) is 14.0. The van der Waals surface area contributed by atoms with Crippen molar-refractivity contribution in [3.05, 3.63) is 212 Å². The highest BCUT2D eigenvalue weighted by Gasteiger charge is 2.21. The normalized spacial score (nSPS) is 12.0. The first-order valence-corrected chi connectivity index (χ1v) is 22.7. The minimum absolute atomic E-state index is 0.577. The van der Waals surface area contributed by atoms with Crippen LogP contribution in [0.1, 0.15) is 0 Å². The molecular weight excluding hydrogens is 811 g/mol. The second-order valence-corrected chi connectivity index (χ2v) is 17.9. The number of hydrogen-bond acceptors (Lipinski definition) is 4. The van der Waals surface area contributed by atoms with Crippen molar-refractivity contribution in [2.75, 3.05) is 0 Å². The van der Waals surface area contributed by atoms with Gasteiger partial charge in [-0.05, 0) is 93.3 Å². The van der Waals surface area contributed by atoms with Crippen molar-refractivity contribution in [2.24, 2.45) is 0 Å². The van der Waals surface area contributed by atoms with E-state index in [1.54, 1.807) is 0 Å². The largest absolute Gasteiger partial charge is 0.309 e. The zero-order valence-electron chi connectivity index (χ0n) is 34.9. The Labute approximate surface area is 376 Å². The van der Waals surface area contributed by atoms with Crippen molar-refractivity contribution in [1.82, 2.24) is 24.1 Å². The minimum atomic E-state index is 0.577. The fraction of sp³-hybridized carbons (Fsp3) is 0. The fourth-order valence-corrected chi connectivity index (χ4v) is 11.3. The highest BCUT2D eigenvalue weighted by atomic mass is 32.1. The van der Waals surface area contributed by atoms with E-state index in [4.69, 9.17) is 15.0 Å². The van der Waals surface area contributed by atoms with Crippen LogP contribution in [0.3, 0.4) is 0 Å². The maximum atomic E-state index is 5.34. The molecule has 0 bridgehead atoms. The molecule has 4 aromatic heterocycles. The molecule has 5 nitrogen and oxygen atoms in total. The third-order valence-electron chi connectivity index (χ3n) is 13.2. The zero-order chi connectivity index (χ0) is 42.6. The number of thiophene rings is 1. The van der Waals surface area contributed by atoms with Crippen LogP contribution in [0, 0.1) is 0 Å². The van der Waals surface area contributed by atoms with Crippen molar-refractivity contribution >= 4 is 96.7 Å². The average Bonchev–Trinajstić information content (AvgIpc) is 4.03. The summed E-state index contributed by atoms with van der Waals surface area (Å²) in [5, 5.41) is 11.8. The van der Waals surface area contributed by atoms with E-state index in [1.807, 2.05) is 11.3 Å². The van der Waals surface area contributed by atoms with E-state index < -0.39 is 0 Å². The van der Waals surface area contributed by atoms with E-state index in [0.29, 0.717) is 17.6 Å². The highest BCUT2D eigenvalue weighted by molar-refractivity contribution is 7.25. The van der Waals surface area contributed by atoms with Gasteiger partial charge in [0.1, 0.15) is 0 Å². The van der Waals surface area contributed by atoms with E-state index in [2.05, 4.69) is 221 Å². The van der Waals surface area contributed by atoms with Gasteiger partial charge in [-0.1, -0.05) is 152 Å². The molecule has 14 rings (SSSR count). The van der Waals surface area contributed by atoms with Crippen LogP contribution in [-0.4, -0.2) is 24.1 Å². The summed E-state index contributed by atoms with van der Waals surface area (Å²) in [5.74, 6) is 1.84. The number of hydrogen-bond donors (Lipinski definition) is 0. The first-order valence-electron chi connectivity index (χ1n) is 21.9. The van der Waals surface area contributed by atoms with Gasteiger partial charge in [0.2, 0.25) is 5.95 Å². The molecule has 0 aliphatic rings. The smallest absolute Gasteiger partial charge is 0.238 e. The second-order valence-electron chi connectivity index (χ2n) is 16.8. The zero-order valence-corrected chi connectivity index (χ0v) is 35.7. The molecule has 6 heteroatoms. The molecule has 65 heavy (non-hydrogen) atoms. The van der Waals surface area contributed by atoms with Crippen LogP contribution in [0.4, 0.5) is 0 Å². The number of benzene rings is 10. The SMILES string of the molecule is c1ccc2c(-c3nc(-c4cccc5ccccc45)nc(-n4c5ccccc5c5cc(-c6ccc7c(c6)c6ccccc6n7-c6ccc7sc8ccccc8c7c6)ccc54)n3)cccc2c1. The summed E-state index contributed by atoms with van der Waals surface area (Å²) in [6.45, 7) is 0. The van der Waals surface area contributed by atoms with Gasteiger partial charge in [0.05, 0.1) is 22.1 Å². The summed E-state index contributed by atoms with van der Waals surface area (Å²) in [4.78, 5) is 15.9. The van der Waals surface area contributed by atoms with E-state index in [9.17, 15) is 0 Å². The Bertz CT molecular complexity index is 4160. The Morgan fingerprint density at radius 3 is 1.42 bits per heavy atom. The van der Waals surface area contributed by atoms with Gasteiger partial charge in [-0.3, -0.25) is 4.57 Å². The van der Waals surface area contributed by atoms with Crippen LogP contribution in [-0.2, 0) is 0 Å². The molecule has 302 valence electrons. The lowest BCUT2D eigenvalue weighted by molar-refractivity contribution is 0.955. The van der Waals surface area contributed by atoms with Gasteiger partial charge in [0.25, 0.3) is 0 Å². The van der Waals surface area contributed by atoms with Gasteiger partial charge in [-0.15, -0.1) is 11.3 Å². The van der Waals surface area contributed by atoms with E-state index in [1.165, 1.54) is 47.7 Å². The lowest BCUT2D eigenvalue weighted by atomic mass is 10.0. The quantitative estimate of drug-likeness (QED) is 0.173. The molecule has 0 saturated carbocycles. The van der Waals surface area contributed by atoms with Crippen LogP contribution in [0.25, 0.3) is 131 Å². The van der Waals surface area contributed by atoms with Crippen LogP contribution < -0.4 is 0 Å². The van der Waals surface area contributed by atoms with Gasteiger partial charge in [0.15, 0.2) is 11.6 Å². The maximum absolute atomic E-state index is 5.34. The molecule has 0 unspecified atom stereocenters. The number of aromatic nitrogens is 5. The molecule has 0 radical (unpaired) electrons. The van der Waals surface area contributed by atoms with Crippen molar-refractivity contribution in [3.8, 4) is 45.5 Å². The lowest BCUT2D eigenvalue weighted by Gasteiger charge is -2.13. The van der Waals surface area contributed by atoms with Crippen LogP contribution in [0.2, 0.25) is 0 Å². The van der Waals surface area contributed by atoms with Crippen molar-refractivity contribution in [3.63, 3.8) is 0 Å². The maximum Gasteiger partial charge on any atom is 0.238 e. The third kappa shape index (κ3) is 5.54. The molecule has 0 spiro atoms. The highest BCUT2D eigenvalue weighted by Crippen LogP contribution is 2.41. The lowest BCUT2D eigenvalue weighted by Crippen LogP contribution is -2.06. The molecule has 0 aliphatic carbocycles. The van der Waals surface area contributed by atoms with Crippen LogP contribution >= 0.6 is 11.3 Å². The monoisotopic (exact) mass is 845 g/mol. The summed E-state index contributed by atoms with van der Waals surface area (Å²) in [7, 11) is 0. The molecular formula is C59H35N5S. The molecule has 0 N–H and O–H groups in total. The van der Waals surface area contributed by atoms with E-state index in [-0.39, 0.29) is 0 Å². The van der Waals surface area contributed by atoms with Crippen molar-refractivity contribution in [2.45, 2.75) is 0 Å². The molecule has 0 fully saturated rings. The topological polar surface area (TPSA) is 48.5 Å². The van der Waals surface area contributed by atoms with Crippen molar-refractivity contribution in [1.29, 1.82) is 0 Å². The Balaban J connectivity index is 0.954. The van der Waals surface area contributed by atoms with Crippen molar-refractivity contribution < 1.29 is 0 Å². The summed E-state index contributed by atoms with van der Waals surface area (Å²) >= 11 is 1.85. The number of nitrogens with zero attached hydrogens (tertiary/aromatic N) is 5. The summed E-state index contributed by atoms with van der Waals surface area (Å²) in [6.07, 6.45) is 0. The van der Waals surface area contributed by atoms with Gasteiger partial charge in [-0.25, -0.2) is 4.98 Å². The van der Waals surface area contributed by atoms with Gasteiger partial charge < -0.3 is 4.57 Å². The number of fused-ring (bicyclic) bond motifs is 11. The van der Waals surface area contributed by atoms with Gasteiger partial charge in [0, 0.05) is 58.5 Å². The van der Waals surface area contributed by atoms with Crippen LogP contribution in [0.15, 0.2) is 212 Å². The molecule has 10 aromatic carbocycles. The van der Waals surface area contributed by atoms with Crippen LogP contribution in [0.5, 0.6) is 0 Å². The van der Waals surface area contributed by atoms with E-state index >= 15 is 0 Å². The summed E-state index contributed by atoms with van der Waals surface area (Å²) in [5.41, 5.74) is 9.85. The Morgan fingerprint density at radius 2 is 0.785 bits per heavy atom. The first-order chi connectivity index (χ1) is 32.2. The fourth-order valence-electron chi connectivity index (χ4n) is 10.2. The molecule has 0 atom stereocenters. The number of rotatable bonds is 5.